The Morgan fingerprint density at radius 2 is 1.83 bits per heavy atom. The second kappa shape index (κ2) is 7.65. The Kier molecular flexibility index (Phi) is 5.60. The van der Waals surface area contributed by atoms with E-state index in [2.05, 4.69) is 5.32 Å². The number of nitrogens with two attached hydrogens (primary N) is 1. The summed E-state index contributed by atoms with van der Waals surface area (Å²) in [5, 5.41) is 2.93. The molecule has 0 aromatic heterocycles. The van der Waals surface area contributed by atoms with Gasteiger partial charge in [0.1, 0.15) is 11.8 Å². The van der Waals surface area contributed by atoms with E-state index in [1.807, 2.05) is 18.2 Å². The van der Waals surface area contributed by atoms with E-state index < -0.39 is 17.9 Å². The molecule has 120 valence electrons. The van der Waals surface area contributed by atoms with Gasteiger partial charge in [-0.2, -0.15) is 0 Å². The zero-order valence-electron chi connectivity index (χ0n) is 12.6. The summed E-state index contributed by atoms with van der Waals surface area (Å²) in [5.41, 5.74) is 6.48. The Bertz CT molecular complexity index is 718. The van der Waals surface area contributed by atoms with Crippen LogP contribution < -0.4 is 15.8 Å². The largest absolute Gasteiger partial charge is 0.496 e. The topological polar surface area (TPSA) is 81.4 Å². The van der Waals surface area contributed by atoms with Crippen LogP contribution in [-0.2, 0) is 11.2 Å². The molecule has 2 aromatic carbocycles. The van der Waals surface area contributed by atoms with Gasteiger partial charge in [-0.1, -0.05) is 41.9 Å². The number of ether oxygens (including phenoxy) is 1. The first-order chi connectivity index (χ1) is 11.0. The molecule has 0 aliphatic carbocycles. The van der Waals surface area contributed by atoms with Crippen LogP contribution in [0.25, 0.3) is 0 Å². The number of primary amides is 1. The number of rotatable bonds is 6. The SMILES string of the molecule is COc1ccccc1C[C@H](NC(=O)c1ccccc1Cl)C(N)=O. The second-order valence-corrected chi connectivity index (χ2v) is 5.33. The summed E-state index contributed by atoms with van der Waals surface area (Å²) < 4.78 is 5.25. The van der Waals surface area contributed by atoms with Crippen molar-refractivity contribution in [1.82, 2.24) is 5.32 Å². The van der Waals surface area contributed by atoms with Crippen LogP contribution in [0.4, 0.5) is 0 Å². The van der Waals surface area contributed by atoms with Crippen LogP contribution in [0.3, 0.4) is 0 Å². The average Bonchev–Trinajstić information content (AvgIpc) is 2.54. The highest BCUT2D eigenvalue weighted by molar-refractivity contribution is 6.33. The van der Waals surface area contributed by atoms with Gasteiger partial charge in [-0.25, -0.2) is 0 Å². The normalized spacial score (nSPS) is 11.6. The molecule has 0 aliphatic heterocycles. The Morgan fingerprint density at radius 1 is 1.17 bits per heavy atom. The summed E-state index contributed by atoms with van der Waals surface area (Å²) in [6.45, 7) is 0. The Morgan fingerprint density at radius 3 is 2.48 bits per heavy atom. The molecule has 0 aliphatic rings. The Hall–Kier alpha value is -2.53. The van der Waals surface area contributed by atoms with Gasteiger partial charge < -0.3 is 15.8 Å². The minimum atomic E-state index is -0.866. The van der Waals surface area contributed by atoms with Gasteiger partial charge >= 0.3 is 0 Å². The summed E-state index contributed by atoms with van der Waals surface area (Å²) in [6, 6.07) is 13.0. The van der Waals surface area contributed by atoms with Gasteiger partial charge in [-0.3, -0.25) is 9.59 Å². The molecule has 0 saturated carbocycles. The molecule has 0 unspecified atom stereocenters. The van der Waals surface area contributed by atoms with Crippen molar-refractivity contribution in [3.63, 3.8) is 0 Å². The van der Waals surface area contributed by atoms with E-state index in [0.29, 0.717) is 16.3 Å². The molecule has 3 N–H and O–H groups in total. The predicted octanol–water partition coefficient (Wildman–Crippen LogP) is 2.17. The molecule has 0 fully saturated rings. The zero-order valence-corrected chi connectivity index (χ0v) is 13.3. The van der Waals surface area contributed by atoms with Gasteiger partial charge in [-0.05, 0) is 23.8 Å². The Balaban J connectivity index is 2.18. The molecular weight excluding hydrogens is 316 g/mol. The number of nitrogens with one attached hydrogen (secondary N) is 1. The van der Waals surface area contributed by atoms with E-state index in [0.717, 1.165) is 5.56 Å². The van der Waals surface area contributed by atoms with E-state index in [1.54, 1.807) is 37.4 Å². The second-order valence-electron chi connectivity index (χ2n) is 4.92. The first-order valence-corrected chi connectivity index (χ1v) is 7.37. The summed E-state index contributed by atoms with van der Waals surface area (Å²) in [4.78, 5) is 24.0. The molecule has 23 heavy (non-hydrogen) atoms. The van der Waals surface area contributed by atoms with Crippen LogP contribution in [0, 0.1) is 0 Å². The molecular formula is C17H17ClN2O3. The smallest absolute Gasteiger partial charge is 0.253 e. The molecule has 0 bridgehead atoms. The van der Waals surface area contributed by atoms with E-state index in [4.69, 9.17) is 22.1 Å². The van der Waals surface area contributed by atoms with Crippen molar-refractivity contribution in [2.75, 3.05) is 7.11 Å². The highest BCUT2D eigenvalue weighted by atomic mass is 35.5. The van der Waals surface area contributed by atoms with Crippen molar-refractivity contribution in [3.8, 4) is 5.75 Å². The van der Waals surface area contributed by atoms with Gasteiger partial charge in [0, 0.05) is 6.42 Å². The van der Waals surface area contributed by atoms with Crippen molar-refractivity contribution in [2.45, 2.75) is 12.5 Å². The van der Waals surface area contributed by atoms with Crippen LogP contribution in [0.2, 0.25) is 5.02 Å². The molecule has 0 radical (unpaired) electrons. The predicted molar refractivity (Wildman–Crippen MR) is 88.6 cm³/mol. The van der Waals surface area contributed by atoms with Gasteiger partial charge in [0.05, 0.1) is 17.7 Å². The monoisotopic (exact) mass is 332 g/mol. The number of hydrogen-bond acceptors (Lipinski definition) is 3. The fourth-order valence-corrected chi connectivity index (χ4v) is 2.42. The number of hydrogen-bond donors (Lipinski definition) is 2. The molecule has 0 heterocycles. The van der Waals surface area contributed by atoms with Crippen molar-refractivity contribution in [2.24, 2.45) is 5.73 Å². The number of carbonyl (C=O) groups is 2. The molecule has 0 spiro atoms. The molecule has 0 saturated heterocycles. The van der Waals surface area contributed by atoms with Crippen LogP contribution in [-0.4, -0.2) is 25.0 Å². The summed E-state index contributed by atoms with van der Waals surface area (Å²) in [5.74, 6) is -0.448. The number of benzene rings is 2. The van der Waals surface area contributed by atoms with E-state index in [1.165, 1.54) is 0 Å². The van der Waals surface area contributed by atoms with Crippen LogP contribution in [0.1, 0.15) is 15.9 Å². The Labute approximate surface area is 139 Å². The zero-order chi connectivity index (χ0) is 16.8. The minimum Gasteiger partial charge on any atom is -0.496 e. The molecule has 2 amide bonds. The minimum absolute atomic E-state index is 0.232. The van der Waals surface area contributed by atoms with Crippen LogP contribution in [0.5, 0.6) is 5.75 Å². The third-order valence-electron chi connectivity index (χ3n) is 3.38. The lowest BCUT2D eigenvalue weighted by molar-refractivity contribution is -0.119. The molecule has 2 rings (SSSR count). The highest BCUT2D eigenvalue weighted by Crippen LogP contribution is 2.20. The van der Waals surface area contributed by atoms with Crippen molar-refractivity contribution in [1.29, 1.82) is 0 Å². The molecule has 6 heteroatoms. The van der Waals surface area contributed by atoms with E-state index in [9.17, 15) is 9.59 Å². The van der Waals surface area contributed by atoms with E-state index >= 15 is 0 Å². The first kappa shape index (κ1) is 16.8. The van der Waals surface area contributed by atoms with Gasteiger partial charge in [0.2, 0.25) is 5.91 Å². The number of halogens is 1. The van der Waals surface area contributed by atoms with Gasteiger partial charge in [0.25, 0.3) is 5.91 Å². The lowest BCUT2D eigenvalue weighted by Gasteiger charge is -2.17. The molecule has 2 aromatic rings. The molecule has 5 nitrogen and oxygen atoms in total. The standard InChI is InChI=1S/C17H17ClN2O3/c1-23-15-9-5-2-6-11(15)10-14(16(19)21)20-17(22)12-7-3-4-8-13(12)18/h2-9,14H,10H2,1H3,(H2,19,21)(H,20,22)/t14-/m0/s1. The van der Waals surface area contributed by atoms with Crippen molar-refractivity contribution in [3.05, 3.63) is 64.7 Å². The quantitative estimate of drug-likeness (QED) is 0.850. The van der Waals surface area contributed by atoms with Crippen LogP contribution in [0.15, 0.2) is 48.5 Å². The fraction of sp³-hybridized carbons (Fsp3) is 0.176. The maximum absolute atomic E-state index is 12.3. The summed E-state index contributed by atoms with van der Waals surface area (Å²) >= 11 is 5.99. The van der Waals surface area contributed by atoms with Crippen molar-refractivity contribution < 1.29 is 14.3 Å². The van der Waals surface area contributed by atoms with Gasteiger partial charge in [-0.15, -0.1) is 0 Å². The number of para-hydroxylation sites is 1. The number of methoxy groups -OCH3 is 1. The summed E-state index contributed by atoms with van der Waals surface area (Å²) in [6.07, 6.45) is 0.232. The highest BCUT2D eigenvalue weighted by Gasteiger charge is 2.21. The third kappa shape index (κ3) is 4.23. The number of carbonyl (C=O) groups excluding carboxylic acids is 2. The van der Waals surface area contributed by atoms with Gasteiger partial charge in [0.15, 0.2) is 0 Å². The maximum atomic E-state index is 12.3. The fourth-order valence-electron chi connectivity index (χ4n) is 2.20. The lowest BCUT2D eigenvalue weighted by atomic mass is 10.0. The first-order valence-electron chi connectivity index (χ1n) is 6.99. The third-order valence-corrected chi connectivity index (χ3v) is 3.71. The lowest BCUT2D eigenvalue weighted by Crippen LogP contribution is -2.46. The maximum Gasteiger partial charge on any atom is 0.253 e. The van der Waals surface area contributed by atoms with Crippen molar-refractivity contribution >= 4 is 23.4 Å². The summed E-state index contributed by atoms with van der Waals surface area (Å²) in [7, 11) is 1.54. The van der Waals surface area contributed by atoms with E-state index in [-0.39, 0.29) is 6.42 Å². The number of amides is 2. The molecule has 1 atom stereocenters. The average molecular weight is 333 g/mol. The van der Waals surface area contributed by atoms with Crippen LogP contribution >= 0.6 is 11.6 Å².